The smallest absolute Gasteiger partial charge is 0.259 e. The van der Waals surface area contributed by atoms with Crippen molar-refractivity contribution in [1.82, 2.24) is 14.8 Å². The number of amides is 1. The van der Waals surface area contributed by atoms with Crippen molar-refractivity contribution < 1.29 is 9.53 Å². The zero-order valence-corrected chi connectivity index (χ0v) is 18.6. The number of nitrogens with zero attached hydrogens (tertiary/aromatic N) is 4. The van der Waals surface area contributed by atoms with Gasteiger partial charge in [-0.2, -0.15) is 5.10 Å². The Morgan fingerprint density at radius 2 is 2.10 bits per heavy atom. The molecule has 1 aliphatic rings. The molecule has 5 rings (SSSR count). The Bertz CT molecular complexity index is 1260. The van der Waals surface area contributed by atoms with Crippen LogP contribution in [0.15, 0.2) is 48.0 Å². The Morgan fingerprint density at radius 1 is 1.23 bits per heavy atom. The Kier molecular flexibility index (Phi) is 4.98. The number of carbonyl (C=O) groups is 1. The molecule has 0 N–H and O–H groups in total. The van der Waals surface area contributed by atoms with E-state index >= 15 is 0 Å². The molecule has 6 nitrogen and oxygen atoms in total. The molecule has 1 amide bonds. The van der Waals surface area contributed by atoms with Crippen LogP contribution in [0.3, 0.4) is 0 Å². The van der Waals surface area contributed by atoms with E-state index in [1.807, 2.05) is 51.4 Å². The third kappa shape index (κ3) is 3.39. The van der Waals surface area contributed by atoms with Crippen molar-refractivity contribution in [3.63, 3.8) is 0 Å². The van der Waals surface area contributed by atoms with E-state index in [1.165, 1.54) is 0 Å². The van der Waals surface area contributed by atoms with E-state index in [0.717, 1.165) is 51.4 Å². The molecule has 1 aromatic carbocycles. The summed E-state index contributed by atoms with van der Waals surface area (Å²) in [6.07, 6.45) is 3.63. The van der Waals surface area contributed by atoms with Gasteiger partial charge in [-0.05, 0) is 68.0 Å². The lowest BCUT2D eigenvalue weighted by Crippen LogP contribution is -2.35. The highest BCUT2D eigenvalue weighted by Gasteiger charge is 2.27. The lowest BCUT2D eigenvalue weighted by molar-refractivity contribution is 0.0986. The number of aromatic nitrogens is 3. The molecular weight excluding hydrogens is 408 g/mol. The lowest BCUT2D eigenvalue weighted by atomic mass is 9.99. The molecule has 0 fully saturated rings. The number of ether oxygens (including phenoxy) is 1. The first-order valence-corrected chi connectivity index (χ1v) is 11.4. The van der Waals surface area contributed by atoms with Crippen molar-refractivity contribution in [1.29, 1.82) is 0 Å². The molecule has 0 unspecified atom stereocenters. The van der Waals surface area contributed by atoms with Crippen LogP contribution >= 0.6 is 11.3 Å². The van der Waals surface area contributed by atoms with Gasteiger partial charge in [0.1, 0.15) is 5.75 Å². The van der Waals surface area contributed by atoms with Gasteiger partial charge in [-0.3, -0.25) is 4.79 Å². The molecule has 0 atom stereocenters. The molecular formula is C24H24N4O2S. The van der Waals surface area contributed by atoms with E-state index in [0.29, 0.717) is 12.1 Å². The van der Waals surface area contributed by atoms with Gasteiger partial charge in [0, 0.05) is 18.3 Å². The predicted molar refractivity (Wildman–Crippen MR) is 124 cm³/mol. The summed E-state index contributed by atoms with van der Waals surface area (Å²) in [5.41, 5.74) is 4.29. The Morgan fingerprint density at radius 3 is 2.84 bits per heavy atom. The highest BCUT2D eigenvalue weighted by atomic mass is 32.1. The van der Waals surface area contributed by atoms with Crippen LogP contribution in [0.25, 0.3) is 21.6 Å². The molecule has 0 saturated heterocycles. The first-order chi connectivity index (χ1) is 15.1. The van der Waals surface area contributed by atoms with E-state index in [9.17, 15) is 4.79 Å². The zero-order valence-electron chi connectivity index (χ0n) is 17.8. The molecule has 0 aliphatic carbocycles. The molecule has 0 radical (unpaired) electrons. The van der Waals surface area contributed by atoms with Gasteiger partial charge >= 0.3 is 0 Å². The number of hydrogen-bond donors (Lipinski definition) is 0. The van der Waals surface area contributed by atoms with Crippen LogP contribution < -0.4 is 9.64 Å². The van der Waals surface area contributed by atoms with Gasteiger partial charge in [0.2, 0.25) is 0 Å². The van der Waals surface area contributed by atoms with E-state index in [2.05, 4.69) is 18.9 Å². The molecule has 0 spiro atoms. The van der Waals surface area contributed by atoms with Crippen molar-refractivity contribution in [3.8, 4) is 16.3 Å². The van der Waals surface area contributed by atoms with Crippen LogP contribution in [-0.4, -0.2) is 34.3 Å². The van der Waals surface area contributed by atoms with Crippen molar-refractivity contribution in [3.05, 3.63) is 59.1 Å². The summed E-state index contributed by atoms with van der Waals surface area (Å²) in [5, 5.41) is 7.36. The van der Waals surface area contributed by atoms with Gasteiger partial charge in [0.25, 0.3) is 5.91 Å². The van der Waals surface area contributed by atoms with Crippen molar-refractivity contribution in [2.45, 2.75) is 32.7 Å². The Hall–Kier alpha value is -3.19. The van der Waals surface area contributed by atoms with E-state index in [4.69, 9.17) is 9.72 Å². The van der Waals surface area contributed by atoms with Crippen molar-refractivity contribution in [2.75, 3.05) is 18.6 Å². The van der Waals surface area contributed by atoms with Crippen LogP contribution in [0.1, 0.15) is 42.2 Å². The minimum Gasteiger partial charge on any atom is -0.497 e. The second-order valence-corrected chi connectivity index (χ2v) is 8.96. The maximum Gasteiger partial charge on any atom is 0.259 e. The molecule has 7 heteroatoms. The molecule has 1 aliphatic heterocycles. The first kappa shape index (κ1) is 19.8. The number of benzene rings is 1. The fourth-order valence-electron chi connectivity index (χ4n) is 4.18. The van der Waals surface area contributed by atoms with Gasteiger partial charge in [0.15, 0.2) is 5.65 Å². The quantitative estimate of drug-likeness (QED) is 0.437. The minimum absolute atomic E-state index is 0.0142. The third-order valence-corrected chi connectivity index (χ3v) is 6.60. The summed E-state index contributed by atoms with van der Waals surface area (Å²) in [5.74, 6) is 0.803. The summed E-state index contributed by atoms with van der Waals surface area (Å²) in [6.45, 7) is 4.83. The highest BCUT2D eigenvalue weighted by molar-refractivity contribution is 7.13. The standard InChI is InChI=1S/C24H24N4O2S/c1-15(2)28-23-19(14-25-28)18(13-20(26-23)22-7-5-11-31-22)24(29)27-10-4-6-16-12-17(30-3)8-9-21(16)27/h5,7-9,11-15H,4,6,10H2,1-3H3. The molecule has 4 aromatic rings. The van der Waals surface area contributed by atoms with Crippen LogP contribution in [0.4, 0.5) is 5.69 Å². The third-order valence-electron chi connectivity index (χ3n) is 5.71. The number of pyridine rings is 1. The maximum atomic E-state index is 13.9. The summed E-state index contributed by atoms with van der Waals surface area (Å²) < 4.78 is 7.27. The first-order valence-electron chi connectivity index (χ1n) is 10.5. The number of hydrogen-bond acceptors (Lipinski definition) is 5. The predicted octanol–water partition coefficient (Wildman–Crippen LogP) is 5.34. The molecule has 158 valence electrons. The average molecular weight is 433 g/mol. The molecule has 31 heavy (non-hydrogen) atoms. The van der Waals surface area contributed by atoms with Crippen LogP contribution in [0.2, 0.25) is 0 Å². The average Bonchev–Trinajstić information content (AvgIpc) is 3.47. The fraction of sp³-hybridized carbons (Fsp3) is 0.292. The van der Waals surface area contributed by atoms with Crippen LogP contribution in [0.5, 0.6) is 5.75 Å². The summed E-state index contributed by atoms with van der Waals surface area (Å²) in [7, 11) is 1.67. The van der Waals surface area contributed by atoms with Crippen molar-refractivity contribution in [2.24, 2.45) is 0 Å². The van der Waals surface area contributed by atoms with E-state index in [1.54, 1.807) is 24.6 Å². The maximum absolute atomic E-state index is 13.9. The largest absolute Gasteiger partial charge is 0.497 e. The van der Waals surface area contributed by atoms with E-state index < -0.39 is 0 Å². The molecule has 0 bridgehead atoms. The number of carbonyl (C=O) groups excluding carboxylic acids is 1. The zero-order chi connectivity index (χ0) is 21.5. The number of thiophene rings is 1. The number of anilines is 1. The number of methoxy groups -OCH3 is 1. The number of aryl methyl sites for hydroxylation is 1. The second kappa shape index (κ2) is 7.81. The van der Waals surface area contributed by atoms with Gasteiger partial charge in [-0.1, -0.05) is 6.07 Å². The molecule has 0 saturated carbocycles. The highest BCUT2D eigenvalue weighted by Crippen LogP contribution is 2.34. The monoisotopic (exact) mass is 432 g/mol. The summed E-state index contributed by atoms with van der Waals surface area (Å²) >= 11 is 1.62. The molecule has 3 aromatic heterocycles. The van der Waals surface area contributed by atoms with Crippen LogP contribution in [-0.2, 0) is 6.42 Å². The van der Waals surface area contributed by atoms with Gasteiger partial charge < -0.3 is 9.64 Å². The summed E-state index contributed by atoms with van der Waals surface area (Å²) in [6, 6.07) is 12.0. The second-order valence-electron chi connectivity index (χ2n) is 8.01. The lowest BCUT2D eigenvalue weighted by Gasteiger charge is -2.30. The Balaban J connectivity index is 1.66. The summed E-state index contributed by atoms with van der Waals surface area (Å²) in [4.78, 5) is 21.7. The number of fused-ring (bicyclic) bond motifs is 2. The van der Waals surface area contributed by atoms with Crippen molar-refractivity contribution >= 4 is 34.0 Å². The normalized spacial score (nSPS) is 13.6. The molecule has 4 heterocycles. The van der Waals surface area contributed by atoms with Gasteiger partial charge in [0.05, 0.1) is 34.8 Å². The topological polar surface area (TPSA) is 60.2 Å². The van der Waals surface area contributed by atoms with Gasteiger partial charge in [-0.15, -0.1) is 11.3 Å². The SMILES string of the molecule is COc1ccc2c(c1)CCCN2C(=O)c1cc(-c2cccs2)nc2c1cnn2C(C)C. The Labute approximate surface area is 185 Å². The van der Waals surface area contributed by atoms with Gasteiger partial charge in [-0.25, -0.2) is 9.67 Å². The minimum atomic E-state index is -0.0142. The number of rotatable bonds is 4. The fourth-order valence-corrected chi connectivity index (χ4v) is 4.87. The van der Waals surface area contributed by atoms with Crippen LogP contribution in [0, 0.1) is 0 Å². The van der Waals surface area contributed by atoms with E-state index in [-0.39, 0.29) is 11.9 Å².